The van der Waals surface area contributed by atoms with Crippen molar-refractivity contribution in [1.82, 2.24) is 0 Å². The lowest BCUT2D eigenvalue weighted by atomic mass is 9.95. The predicted molar refractivity (Wildman–Crippen MR) is 124 cm³/mol. The molecule has 3 rings (SSSR count). The van der Waals surface area contributed by atoms with Gasteiger partial charge in [-0.2, -0.15) is 0 Å². The fraction of sp³-hybridized carbons (Fsp3) is 0.160. The van der Waals surface area contributed by atoms with Crippen molar-refractivity contribution in [2.24, 2.45) is 0 Å². The maximum Gasteiger partial charge on any atom is 0.255 e. The van der Waals surface area contributed by atoms with Crippen molar-refractivity contribution in [2.75, 3.05) is 5.32 Å². The van der Waals surface area contributed by atoms with E-state index in [-0.39, 0.29) is 24.1 Å². The van der Waals surface area contributed by atoms with Crippen LogP contribution in [0.4, 0.5) is 10.1 Å². The minimum atomic E-state index is -0.248. The minimum Gasteiger partial charge on any atom is -0.322 e. The number of benzene rings is 3. The Morgan fingerprint density at radius 3 is 2.40 bits per heavy atom. The molecule has 30 heavy (non-hydrogen) atoms. The zero-order chi connectivity index (χ0) is 21.7. The molecule has 1 N–H and O–H groups in total. The van der Waals surface area contributed by atoms with Crippen LogP contribution < -0.4 is 5.32 Å². The van der Waals surface area contributed by atoms with Gasteiger partial charge in [-0.25, -0.2) is 4.39 Å². The molecule has 0 spiro atoms. The van der Waals surface area contributed by atoms with Gasteiger partial charge in [0.05, 0.1) is 10.0 Å². The lowest BCUT2D eigenvalue weighted by molar-refractivity contribution is 0.102. The van der Waals surface area contributed by atoms with Gasteiger partial charge in [0.1, 0.15) is 5.83 Å². The highest BCUT2D eigenvalue weighted by atomic mass is 35.5. The average molecular weight is 442 g/mol. The Labute approximate surface area is 186 Å². The third-order valence-corrected chi connectivity index (χ3v) is 5.64. The molecular weight excluding hydrogens is 420 g/mol. The van der Waals surface area contributed by atoms with Gasteiger partial charge >= 0.3 is 0 Å². The Kier molecular flexibility index (Phi) is 7.30. The zero-order valence-corrected chi connectivity index (χ0v) is 18.3. The summed E-state index contributed by atoms with van der Waals surface area (Å²) in [5.74, 6) is -0.464. The topological polar surface area (TPSA) is 29.1 Å². The molecule has 0 bridgehead atoms. The number of para-hydroxylation sites is 1. The lowest BCUT2D eigenvalue weighted by Gasteiger charge is -2.12. The molecule has 0 aromatic heterocycles. The second-order valence-electron chi connectivity index (χ2n) is 7.26. The molecule has 0 saturated heterocycles. The van der Waals surface area contributed by atoms with Crippen molar-refractivity contribution in [3.8, 4) is 0 Å². The molecule has 3 aromatic rings. The number of anilines is 1. The number of carbonyl (C=O) groups is 1. The van der Waals surface area contributed by atoms with E-state index in [4.69, 9.17) is 23.2 Å². The van der Waals surface area contributed by atoms with E-state index in [2.05, 4.69) is 5.32 Å². The summed E-state index contributed by atoms with van der Waals surface area (Å²) in [4.78, 5) is 12.5. The van der Waals surface area contributed by atoms with Crippen LogP contribution >= 0.6 is 23.2 Å². The summed E-state index contributed by atoms with van der Waals surface area (Å²) < 4.78 is 14.5. The largest absolute Gasteiger partial charge is 0.322 e. The van der Waals surface area contributed by atoms with Crippen molar-refractivity contribution in [3.63, 3.8) is 0 Å². The van der Waals surface area contributed by atoms with Crippen LogP contribution in [0.1, 0.15) is 46.3 Å². The zero-order valence-electron chi connectivity index (χ0n) is 16.8. The van der Waals surface area contributed by atoms with E-state index in [1.807, 2.05) is 50.2 Å². The quantitative estimate of drug-likeness (QED) is 0.411. The molecule has 0 aliphatic rings. The van der Waals surface area contributed by atoms with Gasteiger partial charge in [0.15, 0.2) is 0 Å². The molecule has 0 heterocycles. The first-order chi connectivity index (χ1) is 14.3. The van der Waals surface area contributed by atoms with E-state index in [1.54, 1.807) is 30.3 Å². The predicted octanol–water partition coefficient (Wildman–Crippen LogP) is 8.06. The molecule has 0 radical (unpaired) electrons. The van der Waals surface area contributed by atoms with Gasteiger partial charge in [-0.05, 0) is 65.9 Å². The molecule has 1 amide bonds. The smallest absolute Gasteiger partial charge is 0.255 e. The SMILES string of the molecule is Cc1ccccc1NC(=O)c1ccc(C(C)CC(F)=Cc2ccc(Cl)c(Cl)c2)cc1. The number of amides is 1. The number of rotatable bonds is 6. The van der Waals surface area contributed by atoms with Gasteiger partial charge in [0.2, 0.25) is 0 Å². The molecular formula is C25H22Cl2FNO. The first kappa shape index (κ1) is 22.1. The first-order valence-electron chi connectivity index (χ1n) is 9.61. The highest BCUT2D eigenvalue weighted by Gasteiger charge is 2.12. The van der Waals surface area contributed by atoms with Crippen LogP contribution in [0, 0.1) is 6.92 Å². The van der Waals surface area contributed by atoms with E-state index >= 15 is 0 Å². The number of hydrogen-bond donors (Lipinski definition) is 1. The molecule has 0 aliphatic heterocycles. The Morgan fingerprint density at radius 1 is 1.03 bits per heavy atom. The van der Waals surface area contributed by atoms with E-state index in [0.717, 1.165) is 16.8 Å². The number of carbonyl (C=O) groups excluding carboxylic acids is 1. The van der Waals surface area contributed by atoms with Crippen LogP contribution in [0.2, 0.25) is 10.0 Å². The molecule has 1 unspecified atom stereocenters. The van der Waals surface area contributed by atoms with Crippen LogP contribution in [-0.4, -0.2) is 5.91 Å². The monoisotopic (exact) mass is 441 g/mol. The summed E-state index contributed by atoms with van der Waals surface area (Å²) in [6, 6.07) is 19.9. The second kappa shape index (κ2) is 9.92. The van der Waals surface area contributed by atoms with Gasteiger partial charge in [-0.1, -0.05) is 66.5 Å². The fourth-order valence-electron chi connectivity index (χ4n) is 3.12. The number of allylic oxidation sites excluding steroid dienone is 1. The van der Waals surface area contributed by atoms with Crippen LogP contribution in [-0.2, 0) is 0 Å². The Bertz CT molecular complexity index is 1080. The molecule has 1 atom stereocenters. The lowest BCUT2D eigenvalue weighted by Crippen LogP contribution is -2.12. The molecule has 3 aromatic carbocycles. The molecule has 5 heteroatoms. The Hall–Kier alpha value is -2.62. The summed E-state index contributed by atoms with van der Waals surface area (Å²) in [5.41, 5.74) is 3.97. The van der Waals surface area contributed by atoms with Crippen LogP contribution in [0.5, 0.6) is 0 Å². The van der Waals surface area contributed by atoms with Crippen molar-refractivity contribution in [3.05, 3.63) is 105 Å². The molecule has 0 saturated carbocycles. The van der Waals surface area contributed by atoms with Gasteiger partial charge in [0.25, 0.3) is 5.91 Å². The summed E-state index contributed by atoms with van der Waals surface area (Å²) in [5, 5.41) is 3.75. The third kappa shape index (κ3) is 5.71. The number of aryl methyl sites for hydroxylation is 1. The number of halogens is 3. The van der Waals surface area contributed by atoms with Crippen LogP contribution in [0.15, 0.2) is 72.6 Å². The minimum absolute atomic E-state index is 0.0440. The summed E-state index contributed by atoms with van der Waals surface area (Å²) in [7, 11) is 0. The highest BCUT2D eigenvalue weighted by Crippen LogP contribution is 2.28. The Morgan fingerprint density at radius 2 is 1.73 bits per heavy atom. The van der Waals surface area contributed by atoms with Crippen LogP contribution in [0.25, 0.3) is 6.08 Å². The first-order valence-corrected chi connectivity index (χ1v) is 10.4. The second-order valence-corrected chi connectivity index (χ2v) is 8.08. The number of hydrogen-bond acceptors (Lipinski definition) is 1. The van der Waals surface area contributed by atoms with E-state index < -0.39 is 0 Å². The van der Waals surface area contributed by atoms with Crippen molar-refractivity contribution in [1.29, 1.82) is 0 Å². The summed E-state index contributed by atoms with van der Waals surface area (Å²) >= 11 is 11.9. The maximum atomic E-state index is 14.5. The number of nitrogens with one attached hydrogen (secondary N) is 1. The highest BCUT2D eigenvalue weighted by molar-refractivity contribution is 6.42. The molecule has 0 fully saturated rings. The van der Waals surface area contributed by atoms with Crippen LogP contribution in [0.3, 0.4) is 0 Å². The Balaban J connectivity index is 1.65. The van der Waals surface area contributed by atoms with Crippen molar-refractivity contribution < 1.29 is 9.18 Å². The van der Waals surface area contributed by atoms with Gasteiger partial charge in [-0.3, -0.25) is 4.79 Å². The fourth-order valence-corrected chi connectivity index (χ4v) is 3.43. The summed E-state index contributed by atoms with van der Waals surface area (Å²) in [6.07, 6.45) is 1.71. The standard InChI is InChI=1S/C25H22Cl2FNO/c1-16-5-3-4-6-24(16)29-25(30)20-10-8-19(9-11-20)17(2)13-21(28)14-18-7-12-22(26)23(27)15-18/h3-12,14-15,17H,13H2,1-2H3,(H,29,30). The van der Waals surface area contributed by atoms with Gasteiger partial charge in [-0.15, -0.1) is 0 Å². The van der Waals surface area contributed by atoms with E-state index in [9.17, 15) is 9.18 Å². The molecule has 154 valence electrons. The van der Waals surface area contributed by atoms with Crippen molar-refractivity contribution in [2.45, 2.75) is 26.2 Å². The molecule has 0 aliphatic carbocycles. The van der Waals surface area contributed by atoms with Gasteiger partial charge < -0.3 is 5.32 Å². The normalized spacial score (nSPS) is 12.5. The summed E-state index contributed by atoms with van der Waals surface area (Å²) in [6.45, 7) is 3.89. The van der Waals surface area contributed by atoms with E-state index in [1.165, 1.54) is 6.08 Å². The van der Waals surface area contributed by atoms with Crippen molar-refractivity contribution >= 4 is 40.9 Å². The van der Waals surface area contributed by atoms with E-state index in [0.29, 0.717) is 21.2 Å². The molecule has 2 nitrogen and oxygen atoms in total. The maximum absolute atomic E-state index is 14.5. The third-order valence-electron chi connectivity index (χ3n) is 4.90. The average Bonchev–Trinajstić information content (AvgIpc) is 2.72. The van der Waals surface area contributed by atoms with Gasteiger partial charge in [0, 0.05) is 17.7 Å².